The molecule has 0 saturated carbocycles. The molecule has 25 heavy (non-hydrogen) atoms. The van der Waals surface area contributed by atoms with Crippen LogP contribution >= 0.6 is 0 Å². The van der Waals surface area contributed by atoms with E-state index in [0.717, 1.165) is 43.9 Å². The Bertz CT molecular complexity index is 697. The average molecular weight is 340 g/mol. The zero-order valence-corrected chi connectivity index (χ0v) is 15.4. The Labute approximate surface area is 150 Å². The molecule has 5 nitrogen and oxygen atoms in total. The zero-order chi connectivity index (χ0) is 17.8. The first-order valence-electron chi connectivity index (χ1n) is 9.15. The Morgan fingerprint density at radius 2 is 2.12 bits per heavy atom. The average Bonchev–Trinajstić information content (AvgIpc) is 3.08. The van der Waals surface area contributed by atoms with E-state index in [2.05, 4.69) is 33.5 Å². The number of piperidine rings is 1. The first-order valence-corrected chi connectivity index (χ1v) is 9.15. The second-order valence-electron chi connectivity index (χ2n) is 6.85. The molecule has 1 aromatic carbocycles. The SMILES string of the molecule is CCN(C)C(C(=O)N1CCCC(n2ccnc2C)C1)c1ccccc1. The van der Waals surface area contributed by atoms with Gasteiger partial charge in [-0.15, -0.1) is 0 Å². The number of carbonyl (C=O) groups is 1. The largest absolute Gasteiger partial charge is 0.339 e. The Morgan fingerprint density at radius 1 is 1.36 bits per heavy atom. The zero-order valence-electron chi connectivity index (χ0n) is 15.4. The highest BCUT2D eigenvalue weighted by molar-refractivity contribution is 5.83. The lowest BCUT2D eigenvalue weighted by molar-refractivity contribution is -0.138. The summed E-state index contributed by atoms with van der Waals surface area (Å²) in [4.78, 5) is 21.9. The Kier molecular flexibility index (Phi) is 5.53. The van der Waals surface area contributed by atoms with Gasteiger partial charge < -0.3 is 9.47 Å². The van der Waals surface area contributed by atoms with Crippen molar-refractivity contribution >= 4 is 5.91 Å². The summed E-state index contributed by atoms with van der Waals surface area (Å²) in [5.74, 6) is 1.22. The number of benzene rings is 1. The van der Waals surface area contributed by atoms with Crippen LogP contribution in [0.3, 0.4) is 0 Å². The number of likely N-dealkylation sites (tertiary alicyclic amines) is 1. The summed E-state index contributed by atoms with van der Waals surface area (Å²) in [5.41, 5.74) is 1.07. The van der Waals surface area contributed by atoms with Gasteiger partial charge in [0.1, 0.15) is 11.9 Å². The minimum absolute atomic E-state index is 0.206. The molecule has 134 valence electrons. The molecule has 0 N–H and O–H groups in total. The molecule has 1 aromatic heterocycles. The number of aromatic nitrogens is 2. The molecule has 2 heterocycles. The molecule has 0 aliphatic carbocycles. The molecular weight excluding hydrogens is 312 g/mol. The van der Waals surface area contributed by atoms with Gasteiger partial charge in [-0.3, -0.25) is 9.69 Å². The number of aryl methyl sites for hydroxylation is 1. The number of likely N-dealkylation sites (N-methyl/N-ethyl adjacent to an activating group) is 1. The molecule has 1 aliphatic heterocycles. The van der Waals surface area contributed by atoms with Crippen LogP contribution in [0.25, 0.3) is 0 Å². The summed E-state index contributed by atoms with van der Waals surface area (Å²) in [5, 5.41) is 0. The Hall–Kier alpha value is -2.14. The van der Waals surface area contributed by atoms with Crippen LogP contribution in [0.15, 0.2) is 42.7 Å². The first kappa shape index (κ1) is 17.7. The minimum Gasteiger partial charge on any atom is -0.339 e. The lowest BCUT2D eigenvalue weighted by Gasteiger charge is -2.38. The molecule has 1 fully saturated rings. The van der Waals surface area contributed by atoms with Crippen molar-refractivity contribution in [2.75, 3.05) is 26.7 Å². The van der Waals surface area contributed by atoms with E-state index in [-0.39, 0.29) is 11.9 Å². The van der Waals surface area contributed by atoms with Crippen molar-refractivity contribution in [3.05, 3.63) is 54.1 Å². The van der Waals surface area contributed by atoms with E-state index >= 15 is 0 Å². The number of rotatable bonds is 5. The third-order valence-corrected chi connectivity index (χ3v) is 5.25. The maximum absolute atomic E-state index is 13.4. The van der Waals surface area contributed by atoms with Crippen molar-refractivity contribution in [3.8, 4) is 0 Å². The van der Waals surface area contributed by atoms with Gasteiger partial charge >= 0.3 is 0 Å². The van der Waals surface area contributed by atoms with Crippen LogP contribution in [-0.2, 0) is 4.79 Å². The van der Waals surface area contributed by atoms with Gasteiger partial charge in [-0.1, -0.05) is 37.3 Å². The van der Waals surface area contributed by atoms with Gasteiger partial charge in [0, 0.05) is 25.5 Å². The molecule has 0 spiro atoms. The smallest absolute Gasteiger partial charge is 0.244 e. The second kappa shape index (κ2) is 7.83. The maximum Gasteiger partial charge on any atom is 0.244 e. The van der Waals surface area contributed by atoms with Gasteiger partial charge in [0.15, 0.2) is 0 Å². The predicted octanol–water partition coefficient (Wildman–Crippen LogP) is 3.05. The van der Waals surface area contributed by atoms with Crippen molar-refractivity contribution in [2.45, 2.75) is 38.8 Å². The van der Waals surface area contributed by atoms with Crippen molar-refractivity contribution in [2.24, 2.45) is 0 Å². The fourth-order valence-corrected chi connectivity index (χ4v) is 3.73. The topological polar surface area (TPSA) is 41.4 Å². The van der Waals surface area contributed by atoms with Gasteiger partial charge in [-0.05, 0) is 38.9 Å². The van der Waals surface area contributed by atoms with Crippen molar-refractivity contribution in [1.29, 1.82) is 0 Å². The van der Waals surface area contributed by atoms with Crippen molar-refractivity contribution in [1.82, 2.24) is 19.4 Å². The molecule has 0 bridgehead atoms. The van der Waals surface area contributed by atoms with Crippen molar-refractivity contribution in [3.63, 3.8) is 0 Å². The van der Waals surface area contributed by atoms with Gasteiger partial charge in [0.25, 0.3) is 0 Å². The summed E-state index contributed by atoms with van der Waals surface area (Å²) in [6.45, 7) is 6.56. The number of hydrogen-bond acceptors (Lipinski definition) is 3. The number of hydrogen-bond donors (Lipinski definition) is 0. The lowest BCUT2D eigenvalue weighted by Crippen LogP contribution is -2.46. The predicted molar refractivity (Wildman–Crippen MR) is 99.3 cm³/mol. The van der Waals surface area contributed by atoms with Gasteiger partial charge in [0.2, 0.25) is 5.91 Å². The van der Waals surface area contributed by atoms with E-state index in [9.17, 15) is 4.79 Å². The third kappa shape index (κ3) is 3.76. The molecule has 1 saturated heterocycles. The molecule has 2 atom stereocenters. The number of nitrogens with zero attached hydrogens (tertiary/aromatic N) is 4. The monoisotopic (exact) mass is 340 g/mol. The van der Waals surface area contributed by atoms with E-state index in [1.165, 1.54) is 0 Å². The number of amides is 1. The third-order valence-electron chi connectivity index (χ3n) is 5.25. The lowest BCUT2D eigenvalue weighted by atomic mass is 10.0. The van der Waals surface area contributed by atoms with E-state index in [1.54, 1.807) is 0 Å². The van der Waals surface area contributed by atoms with Crippen LogP contribution in [0.5, 0.6) is 0 Å². The number of carbonyl (C=O) groups excluding carboxylic acids is 1. The summed E-state index contributed by atoms with van der Waals surface area (Å²) >= 11 is 0. The Balaban J connectivity index is 1.81. The van der Waals surface area contributed by atoms with Crippen LogP contribution in [0.1, 0.15) is 43.2 Å². The number of imidazole rings is 1. The molecule has 1 aliphatic rings. The fourth-order valence-electron chi connectivity index (χ4n) is 3.73. The highest BCUT2D eigenvalue weighted by Gasteiger charge is 2.32. The van der Waals surface area contributed by atoms with Crippen LogP contribution in [0, 0.1) is 6.92 Å². The minimum atomic E-state index is -0.214. The summed E-state index contributed by atoms with van der Waals surface area (Å²) in [6, 6.07) is 10.2. The molecule has 2 aromatic rings. The highest BCUT2D eigenvalue weighted by atomic mass is 16.2. The summed E-state index contributed by atoms with van der Waals surface area (Å²) in [7, 11) is 2.02. The quantitative estimate of drug-likeness (QED) is 0.840. The first-order chi connectivity index (χ1) is 12.1. The van der Waals surface area contributed by atoms with Gasteiger partial charge in [0.05, 0.1) is 6.04 Å². The van der Waals surface area contributed by atoms with Crippen LogP contribution < -0.4 is 0 Å². The Morgan fingerprint density at radius 3 is 2.76 bits per heavy atom. The van der Waals surface area contributed by atoms with E-state index in [1.807, 2.05) is 49.5 Å². The van der Waals surface area contributed by atoms with Crippen LogP contribution in [0.2, 0.25) is 0 Å². The van der Waals surface area contributed by atoms with Gasteiger partial charge in [-0.2, -0.15) is 0 Å². The molecule has 3 rings (SSSR count). The van der Waals surface area contributed by atoms with Gasteiger partial charge in [-0.25, -0.2) is 4.98 Å². The molecule has 0 radical (unpaired) electrons. The van der Waals surface area contributed by atoms with E-state index in [0.29, 0.717) is 6.04 Å². The standard InChI is InChI=1S/C20H28N4O/c1-4-22(3)19(17-9-6-5-7-10-17)20(25)23-13-8-11-18(15-23)24-14-12-21-16(24)2/h5-7,9-10,12,14,18-19H,4,8,11,13,15H2,1-3H3. The second-order valence-corrected chi connectivity index (χ2v) is 6.85. The summed E-state index contributed by atoms with van der Waals surface area (Å²) in [6.07, 6.45) is 6.00. The highest BCUT2D eigenvalue weighted by Crippen LogP contribution is 2.27. The van der Waals surface area contributed by atoms with Crippen LogP contribution in [-0.4, -0.2) is 51.9 Å². The molecule has 1 amide bonds. The normalized spacial score (nSPS) is 19.2. The maximum atomic E-state index is 13.4. The molecule has 2 unspecified atom stereocenters. The summed E-state index contributed by atoms with van der Waals surface area (Å²) < 4.78 is 2.21. The fraction of sp³-hybridized carbons (Fsp3) is 0.500. The molecular formula is C20H28N4O. The molecule has 5 heteroatoms. The van der Waals surface area contributed by atoms with E-state index < -0.39 is 0 Å². The van der Waals surface area contributed by atoms with Crippen molar-refractivity contribution < 1.29 is 4.79 Å². The van der Waals surface area contributed by atoms with Crippen LogP contribution in [0.4, 0.5) is 0 Å². The van der Waals surface area contributed by atoms with E-state index in [4.69, 9.17) is 0 Å².